The van der Waals surface area contributed by atoms with Gasteiger partial charge in [-0.25, -0.2) is 4.98 Å². The van der Waals surface area contributed by atoms with Crippen molar-refractivity contribution in [2.75, 3.05) is 6.61 Å². The van der Waals surface area contributed by atoms with Gasteiger partial charge in [0.2, 0.25) is 0 Å². The second-order valence-corrected chi connectivity index (χ2v) is 3.96. The first kappa shape index (κ1) is 15.5. The number of aromatic nitrogens is 1. The van der Waals surface area contributed by atoms with Crippen molar-refractivity contribution in [3.8, 4) is 0 Å². The number of rotatable bonds is 4. The normalized spacial score (nSPS) is 12.9. The second-order valence-electron chi connectivity index (χ2n) is 3.55. The van der Waals surface area contributed by atoms with E-state index in [0.717, 1.165) is 0 Å². The lowest BCUT2D eigenvalue weighted by Crippen LogP contribution is -2.36. The molecule has 104 valence electrons. The van der Waals surface area contributed by atoms with E-state index in [1.807, 2.05) is 0 Å². The van der Waals surface area contributed by atoms with Crippen LogP contribution in [-0.2, 0) is 6.18 Å². The largest absolute Gasteiger partial charge is 0.417 e. The number of nitrogens with zero attached hydrogens (tertiary/aromatic N) is 1. The Balaban J connectivity index is 2.97. The third-order valence-electron chi connectivity index (χ3n) is 2.18. The first-order valence-electron chi connectivity index (χ1n) is 5.06. The van der Waals surface area contributed by atoms with Crippen LogP contribution in [0, 0.1) is 0 Å². The molecule has 0 radical (unpaired) electrons. The van der Waals surface area contributed by atoms with Crippen LogP contribution in [0.5, 0.6) is 0 Å². The van der Waals surface area contributed by atoms with Gasteiger partial charge in [-0.05, 0) is 6.07 Å². The van der Waals surface area contributed by atoms with Crippen LogP contribution in [-0.4, -0.2) is 28.6 Å². The van der Waals surface area contributed by atoms with Gasteiger partial charge in [0, 0.05) is 6.20 Å². The van der Waals surface area contributed by atoms with E-state index in [4.69, 9.17) is 16.7 Å². The fourth-order valence-electron chi connectivity index (χ4n) is 1.18. The Morgan fingerprint density at radius 3 is 2.68 bits per heavy atom. The fraction of sp³-hybridized carbons (Fsp3) is 0.273. The zero-order chi connectivity index (χ0) is 14.6. The number of halogens is 4. The molecule has 0 saturated heterocycles. The van der Waals surface area contributed by atoms with Gasteiger partial charge < -0.3 is 10.4 Å². The van der Waals surface area contributed by atoms with Crippen molar-refractivity contribution in [1.29, 1.82) is 0 Å². The molecular formula is C11H10ClF3N2O2. The summed E-state index contributed by atoms with van der Waals surface area (Å²) >= 11 is 5.59. The lowest BCUT2D eigenvalue weighted by molar-refractivity contribution is -0.137. The van der Waals surface area contributed by atoms with Gasteiger partial charge in [-0.1, -0.05) is 17.7 Å². The Labute approximate surface area is 111 Å². The van der Waals surface area contributed by atoms with Crippen LogP contribution in [0.25, 0.3) is 0 Å². The average molecular weight is 295 g/mol. The molecular weight excluding hydrogens is 285 g/mol. The van der Waals surface area contributed by atoms with Gasteiger partial charge in [0.05, 0.1) is 23.2 Å². The van der Waals surface area contributed by atoms with E-state index in [0.29, 0.717) is 12.3 Å². The van der Waals surface area contributed by atoms with Crippen molar-refractivity contribution in [2.45, 2.75) is 12.2 Å². The first-order chi connectivity index (χ1) is 8.79. The van der Waals surface area contributed by atoms with Gasteiger partial charge in [-0.15, -0.1) is 6.58 Å². The molecule has 0 aliphatic rings. The highest BCUT2D eigenvalue weighted by atomic mass is 35.5. The smallest absolute Gasteiger partial charge is 0.394 e. The van der Waals surface area contributed by atoms with Crippen LogP contribution in [0.4, 0.5) is 13.2 Å². The molecule has 0 aliphatic carbocycles. The molecule has 0 spiro atoms. The van der Waals surface area contributed by atoms with Crippen LogP contribution in [0.3, 0.4) is 0 Å². The third kappa shape index (κ3) is 3.93. The lowest BCUT2D eigenvalue weighted by atomic mass is 10.2. The molecule has 1 heterocycles. The van der Waals surface area contributed by atoms with Gasteiger partial charge in [-0.2, -0.15) is 13.2 Å². The minimum Gasteiger partial charge on any atom is -0.394 e. The highest BCUT2D eigenvalue weighted by Crippen LogP contribution is 2.30. The summed E-state index contributed by atoms with van der Waals surface area (Å²) in [6.07, 6.45) is -2.79. The maximum atomic E-state index is 12.4. The summed E-state index contributed by atoms with van der Waals surface area (Å²) in [5, 5.41) is 10.7. The van der Waals surface area contributed by atoms with Crippen molar-refractivity contribution in [3.63, 3.8) is 0 Å². The molecule has 0 aromatic carbocycles. The van der Waals surface area contributed by atoms with Crippen LogP contribution >= 0.6 is 11.6 Å². The number of carbonyl (C=O) groups excluding carboxylic acids is 1. The number of alkyl halides is 3. The number of hydrogen-bond donors (Lipinski definition) is 2. The lowest BCUT2D eigenvalue weighted by Gasteiger charge is -2.13. The quantitative estimate of drug-likeness (QED) is 0.835. The maximum Gasteiger partial charge on any atom is 0.417 e. The van der Waals surface area contributed by atoms with Crippen molar-refractivity contribution in [1.82, 2.24) is 10.3 Å². The molecule has 1 aromatic rings. The van der Waals surface area contributed by atoms with Crippen molar-refractivity contribution >= 4 is 17.5 Å². The van der Waals surface area contributed by atoms with E-state index in [9.17, 15) is 18.0 Å². The fourth-order valence-corrected chi connectivity index (χ4v) is 1.43. The summed E-state index contributed by atoms with van der Waals surface area (Å²) in [7, 11) is 0. The average Bonchev–Trinajstić information content (AvgIpc) is 2.34. The van der Waals surface area contributed by atoms with Gasteiger partial charge >= 0.3 is 6.18 Å². The monoisotopic (exact) mass is 294 g/mol. The van der Waals surface area contributed by atoms with E-state index in [2.05, 4.69) is 16.9 Å². The molecule has 1 aromatic heterocycles. The molecule has 4 nitrogen and oxygen atoms in total. The third-order valence-corrected chi connectivity index (χ3v) is 2.47. The molecule has 0 unspecified atom stereocenters. The molecule has 19 heavy (non-hydrogen) atoms. The molecule has 1 atom stereocenters. The zero-order valence-corrected chi connectivity index (χ0v) is 10.3. The SMILES string of the molecule is C=C[C@H](CO)NC(=O)c1ncc(C(F)(F)F)cc1Cl. The van der Waals surface area contributed by atoms with E-state index < -0.39 is 35.3 Å². The highest BCUT2D eigenvalue weighted by Gasteiger charge is 2.32. The molecule has 2 N–H and O–H groups in total. The zero-order valence-electron chi connectivity index (χ0n) is 9.54. The molecule has 0 bridgehead atoms. The summed E-state index contributed by atoms with van der Waals surface area (Å²) in [5.74, 6) is -0.794. The predicted octanol–water partition coefficient (Wildman–Crippen LogP) is 2.03. The Bertz CT molecular complexity index is 491. The maximum absolute atomic E-state index is 12.4. The highest BCUT2D eigenvalue weighted by molar-refractivity contribution is 6.33. The van der Waals surface area contributed by atoms with Crippen molar-refractivity contribution in [3.05, 3.63) is 41.2 Å². The molecule has 8 heteroatoms. The van der Waals surface area contributed by atoms with E-state index in [-0.39, 0.29) is 5.69 Å². The number of hydrogen-bond acceptors (Lipinski definition) is 3. The summed E-state index contributed by atoms with van der Waals surface area (Å²) < 4.78 is 37.1. The minimum absolute atomic E-state index is 0.352. The predicted molar refractivity (Wildman–Crippen MR) is 62.8 cm³/mol. The summed E-state index contributed by atoms with van der Waals surface area (Å²) in [5.41, 5.74) is -1.40. The Kier molecular flexibility index (Phi) is 4.90. The van der Waals surface area contributed by atoms with Crippen LogP contribution in [0.1, 0.15) is 16.1 Å². The van der Waals surface area contributed by atoms with Crippen molar-refractivity contribution in [2.24, 2.45) is 0 Å². The Morgan fingerprint density at radius 1 is 1.63 bits per heavy atom. The van der Waals surface area contributed by atoms with E-state index in [1.165, 1.54) is 6.08 Å². The summed E-state index contributed by atoms with van der Waals surface area (Å²) in [6.45, 7) is 2.98. The Hall–Kier alpha value is -1.60. The number of aliphatic hydroxyl groups is 1. The number of aliphatic hydroxyl groups excluding tert-OH is 1. The van der Waals surface area contributed by atoms with Crippen LogP contribution in [0.15, 0.2) is 24.9 Å². The molecule has 1 rings (SSSR count). The van der Waals surface area contributed by atoms with Crippen LogP contribution < -0.4 is 5.32 Å². The molecule has 1 amide bonds. The van der Waals surface area contributed by atoms with Gasteiger partial charge in [0.25, 0.3) is 5.91 Å². The second kappa shape index (κ2) is 6.03. The van der Waals surface area contributed by atoms with Gasteiger partial charge in [0.1, 0.15) is 5.69 Å². The summed E-state index contributed by atoms with van der Waals surface area (Å²) in [6, 6.07) is -0.113. The minimum atomic E-state index is -4.58. The number of pyridine rings is 1. The first-order valence-corrected chi connectivity index (χ1v) is 5.44. The van der Waals surface area contributed by atoms with Crippen LogP contribution in [0.2, 0.25) is 5.02 Å². The van der Waals surface area contributed by atoms with E-state index in [1.54, 1.807) is 0 Å². The Morgan fingerprint density at radius 2 is 2.26 bits per heavy atom. The number of carbonyl (C=O) groups is 1. The van der Waals surface area contributed by atoms with E-state index >= 15 is 0 Å². The number of amides is 1. The molecule has 0 aliphatic heterocycles. The topological polar surface area (TPSA) is 62.2 Å². The van der Waals surface area contributed by atoms with Gasteiger partial charge in [0.15, 0.2) is 0 Å². The van der Waals surface area contributed by atoms with Gasteiger partial charge in [-0.3, -0.25) is 4.79 Å². The molecule has 0 fully saturated rings. The summed E-state index contributed by atoms with van der Waals surface area (Å²) in [4.78, 5) is 15.0. The number of nitrogens with one attached hydrogen (secondary N) is 1. The van der Waals surface area contributed by atoms with Crippen molar-refractivity contribution < 1.29 is 23.1 Å². The standard InChI is InChI=1S/C11H10ClF3N2O2/c1-2-7(5-18)17-10(19)9-8(12)3-6(4-16-9)11(13,14)15/h2-4,7,18H,1,5H2,(H,17,19)/t7-/m1/s1. The molecule has 0 saturated carbocycles.